The Balaban J connectivity index is 0.00000121. The summed E-state index contributed by atoms with van der Waals surface area (Å²) in [6, 6.07) is 0. The molecule has 0 saturated heterocycles. The van der Waals surface area contributed by atoms with Crippen LogP contribution in [-0.4, -0.2) is 24.1 Å². The highest BCUT2D eigenvalue weighted by Gasteiger charge is 2.26. The summed E-state index contributed by atoms with van der Waals surface area (Å²) in [6.45, 7) is 7.18. The van der Waals surface area contributed by atoms with Crippen LogP contribution >= 0.6 is 0 Å². The Bertz CT molecular complexity index is 238. The first-order chi connectivity index (χ1) is 8.11. The lowest BCUT2D eigenvalue weighted by molar-refractivity contribution is -0.157. The largest absolute Gasteiger partial charge is 0.462 e. The number of hydrogen-bond donors (Lipinski definition) is 0. The lowest BCUT2D eigenvalue weighted by Gasteiger charge is -2.28. The minimum absolute atomic E-state index is 0.0736. The Labute approximate surface area is 104 Å². The second-order valence-corrected chi connectivity index (χ2v) is 3.86. The molecule has 0 amide bonds. The van der Waals surface area contributed by atoms with Crippen molar-refractivity contribution in [2.24, 2.45) is 0 Å². The van der Waals surface area contributed by atoms with Crippen molar-refractivity contribution in [3.63, 3.8) is 0 Å². The highest BCUT2D eigenvalue weighted by Crippen LogP contribution is 2.23. The Kier molecular flexibility index (Phi) is 8.46. The third-order valence-corrected chi connectivity index (χ3v) is 2.50. The number of rotatable bonds is 3. The maximum atomic E-state index is 11.1. The molecule has 0 radical (unpaired) electrons. The summed E-state index contributed by atoms with van der Waals surface area (Å²) < 4.78 is 10.3. The van der Waals surface area contributed by atoms with Gasteiger partial charge in [-0.05, 0) is 19.3 Å². The Morgan fingerprint density at radius 1 is 1.12 bits per heavy atom. The van der Waals surface area contributed by atoms with Gasteiger partial charge in [0.1, 0.15) is 12.2 Å². The summed E-state index contributed by atoms with van der Waals surface area (Å²) in [5, 5.41) is 0. The monoisotopic (exact) mass is 244 g/mol. The van der Waals surface area contributed by atoms with Crippen molar-refractivity contribution in [2.75, 3.05) is 0 Å². The highest BCUT2D eigenvalue weighted by atomic mass is 16.6. The van der Waals surface area contributed by atoms with Gasteiger partial charge in [-0.15, -0.1) is 0 Å². The highest BCUT2D eigenvalue weighted by molar-refractivity contribution is 5.69. The quantitative estimate of drug-likeness (QED) is 0.716. The van der Waals surface area contributed by atoms with Crippen LogP contribution in [0.2, 0.25) is 0 Å². The first-order valence-corrected chi connectivity index (χ1v) is 6.48. The lowest BCUT2D eigenvalue weighted by atomic mass is 9.95. The summed E-state index contributed by atoms with van der Waals surface area (Å²) in [4.78, 5) is 21.8. The number of esters is 2. The average molecular weight is 244 g/mol. The van der Waals surface area contributed by atoms with E-state index in [0.717, 1.165) is 19.3 Å². The fourth-order valence-corrected chi connectivity index (χ4v) is 1.82. The number of ether oxygens (including phenoxy) is 2. The van der Waals surface area contributed by atoms with Crippen molar-refractivity contribution < 1.29 is 19.1 Å². The smallest absolute Gasteiger partial charge is 0.305 e. The molecule has 0 bridgehead atoms. The molecule has 0 aliphatic heterocycles. The zero-order chi connectivity index (χ0) is 13.3. The van der Waals surface area contributed by atoms with Gasteiger partial charge in [-0.1, -0.05) is 20.8 Å². The van der Waals surface area contributed by atoms with Crippen LogP contribution in [-0.2, 0) is 19.1 Å². The van der Waals surface area contributed by atoms with E-state index in [1.165, 1.54) is 6.92 Å². The predicted octanol–water partition coefficient (Wildman–Crippen LogP) is 2.84. The first kappa shape index (κ1) is 15.9. The molecule has 0 aromatic rings. The fourth-order valence-electron chi connectivity index (χ4n) is 1.82. The van der Waals surface area contributed by atoms with Crippen LogP contribution < -0.4 is 0 Å². The summed E-state index contributed by atoms with van der Waals surface area (Å²) in [5.74, 6) is -0.439. The van der Waals surface area contributed by atoms with E-state index in [0.29, 0.717) is 12.8 Å². The molecule has 1 rings (SSSR count). The second kappa shape index (κ2) is 9.02. The summed E-state index contributed by atoms with van der Waals surface area (Å²) in [7, 11) is 0. The molecule has 2 atom stereocenters. The van der Waals surface area contributed by atoms with E-state index in [4.69, 9.17) is 9.47 Å². The molecular formula is C13H24O4. The van der Waals surface area contributed by atoms with Crippen LogP contribution in [0, 0.1) is 0 Å². The molecule has 2 unspecified atom stereocenters. The molecule has 1 saturated carbocycles. The standard InChI is InChI=1S/C11H18O4.C2H6/c1-3-11(13)15-10-6-4-5-9(7-10)14-8(2)12;1-2/h9-10H,3-7H2,1-2H3;1-2H3. The minimum atomic E-state index is -0.262. The van der Waals surface area contributed by atoms with Crippen molar-refractivity contribution in [1.82, 2.24) is 0 Å². The van der Waals surface area contributed by atoms with Crippen LogP contribution in [0.15, 0.2) is 0 Å². The van der Waals surface area contributed by atoms with Gasteiger partial charge >= 0.3 is 11.9 Å². The normalized spacial score (nSPS) is 23.1. The van der Waals surface area contributed by atoms with Crippen molar-refractivity contribution in [2.45, 2.75) is 72.0 Å². The molecular weight excluding hydrogens is 220 g/mol. The Morgan fingerprint density at radius 2 is 1.65 bits per heavy atom. The molecule has 0 N–H and O–H groups in total. The molecule has 0 heterocycles. The first-order valence-electron chi connectivity index (χ1n) is 6.48. The van der Waals surface area contributed by atoms with E-state index in [-0.39, 0.29) is 24.1 Å². The number of carbonyl (C=O) groups excluding carboxylic acids is 2. The molecule has 1 fully saturated rings. The molecule has 17 heavy (non-hydrogen) atoms. The van der Waals surface area contributed by atoms with Gasteiger partial charge in [-0.2, -0.15) is 0 Å². The molecule has 1 aliphatic rings. The van der Waals surface area contributed by atoms with E-state index < -0.39 is 0 Å². The SMILES string of the molecule is CC.CCC(=O)OC1CCCC(OC(C)=O)C1. The average Bonchev–Trinajstić information content (AvgIpc) is 2.31. The molecule has 0 aromatic carbocycles. The molecule has 4 nitrogen and oxygen atoms in total. The predicted molar refractivity (Wildman–Crippen MR) is 65.5 cm³/mol. The van der Waals surface area contributed by atoms with Crippen molar-refractivity contribution in [3.8, 4) is 0 Å². The van der Waals surface area contributed by atoms with Gasteiger partial charge in [0.15, 0.2) is 0 Å². The lowest BCUT2D eigenvalue weighted by Crippen LogP contribution is -2.30. The maximum Gasteiger partial charge on any atom is 0.305 e. The molecule has 0 aromatic heterocycles. The van der Waals surface area contributed by atoms with Crippen LogP contribution in [0.3, 0.4) is 0 Å². The zero-order valence-corrected chi connectivity index (χ0v) is 11.3. The van der Waals surface area contributed by atoms with Crippen molar-refractivity contribution in [3.05, 3.63) is 0 Å². The number of carbonyl (C=O) groups is 2. The Morgan fingerprint density at radius 3 is 2.12 bits per heavy atom. The van der Waals surface area contributed by atoms with Gasteiger partial charge in [0.05, 0.1) is 0 Å². The molecule has 0 spiro atoms. The van der Waals surface area contributed by atoms with Crippen molar-refractivity contribution in [1.29, 1.82) is 0 Å². The van der Waals surface area contributed by atoms with E-state index in [1.807, 2.05) is 13.8 Å². The summed E-state index contributed by atoms with van der Waals surface area (Å²) >= 11 is 0. The third-order valence-electron chi connectivity index (χ3n) is 2.50. The zero-order valence-electron chi connectivity index (χ0n) is 11.3. The van der Waals surface area contributed by atoms with Crippen LogP contribution in [0.1, 0.15) is 59.8 Å². The third kappa shape index (κ3) is 6.97. The molecule has 1 aliphatic carbocycles. The van der Waals surface area contributed by atoms with Gasteiger partial charge < -0.3 is 9.47 Å². The van der Waals surface area contributed by atoms with E-state index in [2.05, 4.69) is 0 Å². The second-order valence-electron chi connectivity index (χ2n) is 3.86. The van der Waals surface area contributed by atoms with Gasteiger partial charge in [0.2, 0.25) is 0 Å². The van der Waals surface area contributed by atoms with Crippen LogP contribution in [0.4, 0.5) is 0 Å². The topological polar surface area (TPSA) is 52.6 Å². The Hall–Kier alpha value is -1.06. The van der Waals surface area contributed by atoms with Crippen molar-refractivity contribution >= 4 is 11.9 Å². The van der Waals surface area contributed by atoms with E-state index in [1.54, 1.807) is 6.92 Å². The van der Waals surface area contributed by atoms with E-state index in [9.17, 15) is 9.59 Å². The van der Waals surface area contributed by atoms with Gasteiger partial charge in [-0.3, -0.25) is 9.59 Å². The fraction of sp³-hybridized carbons (Fsp3) is 0.846. The molecule has 100 valence electrons. The van der Waals surface area contributed by atoms with Crippen LogP contribution in [0.25, 0.3) is 0 Å². The van der Waals surface area contributed by atoms with Gasteiger partial charge in [0.25, 0.3) is 0 Å². The summed E-state index contributed by atoms with van der Waals surface area (Å²) in [5.41, 5.74) is 0. The summed E-state index contributed by atoms with van der Waals surface area (Å²) in [6.07, 6.45) is 3.59. The number of hydrogen-bond acceptors (Lipinski definition) is 4. The van der Waals surface area contributed by atoms with E-state index >= 15 is 0 Å². The molecule has 4 heteroatoms. The minimum Gasteiger partial charge on any atom is -0.462 e. The van der Waals surface area contributed by atoms with Gasteiger partial charge in [0, 0.05) is 19.8 Å². The maximum absolute atomic E-state index is 11.1. The van der Waals surface area contributed by atoms with Crippen LogP contribution in [0.5, 0.6) is 0 Å². The van der Waals surface area contributed by atoms with Gasteiger partial charge in [-0.25, -0.2) is 0 Å².